The predicted molar refractivity (Wildman–Crippen MR) is 244 cm³/mol. The standard InChI is InChI=1S/C18H22FN.C18H21N.C17H20FN/c1-20-13-18(10-8-17(19)9-11-18)16-7-6-14-4-2-3-5-15(14)12-16;1-19-14-18(11-5-2-6-12-18)17-10-9-15-7-3-4-8-16(15)13-17;18-16-7-9-17(12-19,10-8-16)15-6-5-13-3-1-2-4-14(13)11-15/h2-7,12,17,20H,8-11,13H2,1H3;2-5,7-10,13,19H,6,11-12,14H2,1H3;1-6,11,16H,7-10,12,19H2/t;18-;/m.1./s1. The van der Waals surface area contributed by atoms with Crippen molar-refractivity contribution in [2.75, 3.05) is 33.7 Å². The molecular weight excluding hydrogens is 717 g/mol. The summed E-state index contributed by atoms with van der Waals surface area (Å²) < 4.78 is 26.9. The molecule has 1 atom stereocenters. The first-order valence-electron chi connectivity index (χ1n) is 21.7. The van der Waals surface area contributed by atoms with Gasteiger partial charge in [-0.3, -0.25) is 0 Å². The number of hydrogen-bond donors (Lipinski definition) is 3. The van der Waals surface area contributed by atoms with Crippen molar-refractivity contribution in [2.45, 2.75) is 99.2 Å². The largest absolute Gasteiger partial charge is 0.330 e. The van der Waals surface area contributed by atoms with E-state index in [1.165, 1.54) is 61.8 Å². The predicted octanol–water partition coefficient (Wildman–Crippen LogP) is 12.2. The van der Waals surface area contributed by atoms with Crippen LogP contribution in [0.5, 0.6) is 0 Å². The lowest BCUT2D eigenvalue weighted by atomic mass is 9.68. The first-order chi connectivity index (χ1) is 28.3. The van der Waals surface area contributed by atoms with Crippen molar-refractivity contribution < 1.29 is 8.78 Å². The van der Waals surface area contributed by atoms with Crippen LogP contribution >= 0.6 is 0 Å². The molecule has 0 spiro atoms. The Labute approximate surface area is 345 Å². The van der Waals surface area contributed by atoms with Gasteiger partial charge in [0.2, 0.25) is 0 Å². The molecular formula is C53H63F2N3. The van der Waals surface area contributed by atoms with E-state index in [4.69, 9.17) is 5.73 Å². The molecule has 0 heterocycles. The second kappa shape index (κ2) is 19.1. The van der Waals surface area contributed by atoms with E-state index in [2.05, 4.69) is 157 Å². The van der Waals surface area contributed by atoms with E-state index in [9.17, 15) is 8.78 Å². The van der Waals surface area contributed by atoms with Gasteiger partial charge in [-0.2, -0.15) is 0 Å². The molecule has 0 aromatic heterocycles. The zero-order chi connectivity index (χ0) is 40.4. The van der Waals surface area contributed by atoms with Crippen LogP contribution in [0.4, 0.5) is 8.78 Å². The number of halogens is 2. The summed E-state index contributed by atoms with van der Waals surface area (Å²) in [4.78, 5) is 0. The maximum Gasteiger partial charge on any atom is 0.100 e. The van der Waals surface area contributed by atoms with Crippen LogP contribution in [0.2, 0.25) is 0 Å². The molecule has 0 bridgehead atoms. The summed E-state index contributed by atoms with van der Waals surface area (Å²) in [5.74, 6) is 0. The topological polar surface area (TPSA) is 50.1 Å². The van der Waals surface area contributed by atoms with E-state index in [0.29, 0.717) is 32.2 Å². The molecule has 304 valence electrons. The maximum atomic E-state index is 13.5. The zero-order valence-corrected chi connectivity index (χ0v) is 34.7. The molecule has 2 fully saturated rings. The number of alkyl halides is 2. The number of fused-ring (bicyclic) bond motifs is 3. The van der Waals surface area contributed by atoms with Crippen LogP contribution in [0.1, 0.15) is 87.3 Å². The molecule has 0 saturated heterocycles. The van der Waals surface area contributed by atoms with Crippen LogP contribution in [0.15, 0.2) is 140 Å². The highest BCUT2D eigenvalue weighted by Crippen LogP contribution is 2.42. The summed E-state index contributed by atoms with van der Waals surface area (Å²) in [5.41, 5.74) is 10.5. The van der Waals surface area contributed by atoms with Crippen LogP contribution in [0.3, 0.4) is 0 Å². The lowest BCUT2D eigenvalue weighted by molar-refractivity contribution is 0.178. The van der Waals surface area contributed by atoms with Crippen LogP contribution < -0.4 is 16.4 Å². The molecule has 2 saturated carbocycles. The molecule has 9 rings (SSSR count). The lowest BCUT2D eigenvalue weighted by Gasteiger charge is -2.39. The van der Waals surface area contributed by atoms with Crippen molar-refractivity contribution in [3.63, 3.8) is 0 Å². The van der Waals surface area contributed by atoms with Gasteiger partial charge in [-0.25, -0.2) is 8.78 Å². The quantitative estimate of drug-likeness (QED) is 0.135. The fraction of sp³-hybridized carbons (Fsp3) is 0.396. The Morgan fingerprint density at radius 3 is 1.26 bits per heavy atom. The number of benzene rings is 6. The van der Waals surface area contributed by atoms with Gasteiger partial charge in [-0.1, -0.05) is 140 Å². The van der Waals surface area contributed by atoms with E-state index in [0.717, 1.165) is 45.2 Å². The second-order valence-corrected chi connectivity index (χ2v) is 17.4. The van der Waals surface area contributed by atoms with Crippen molar-refractivity contribution >= 4 is 32.3 Å². The summed E-state index contributed by atoms with van der Waals surface area (Å²) in [6.07, 6.45) is 13.2. The highest BCUT2D eigenvalue weighted by atomic mass is 19.1. The molecule has 4 N–H and O–H groups in total. The minimum Gasteiger partial charge on any atom is -0.330 e. The number of allylic oxidation sites excluding steroid dienone is 2. The summed E-state index contributed by atoms with van der Waals surface area (Å²) in [6.45, 7) is 2.59. The zero-order valence-electron chi connectivity index (χ0n) is 34.7. The van der Waals surface area contributed by atoms with E-state index in [-0.39, 0.29) is 16.2 Å². The molecule has 3 aliphatic carbocycles. The van der Waals surface area contributed by atoms with Gasteiger partial charge >= 0.3 is 0 Å². The number of nitrogens with two attached hydrogens (primary N) is 1. The summed E-state index contributed by atoms with van der Waals surface area (Å²) in [7, 11) is 4.05. The Balaban J connectivity index is 0.000000132. The van der Waals surface area contributed by atoms with Crippen molar-refractivity contribution in [2.24, 2.45) is 5.73 Å². The third-order valence-electron chi connectivity index (χ3n) is 13.7. The van der Waals surface area contributed by atoms with Gasteiger partial charge in [0.25, 0.3) is 0 Å². The Morgan fingerprint density at radius 2 is 0.862 bits per heavy atom. The van der Waals surface area contributed by atoms with E-state index in [1.54, 1.807) is 0 Å². The van der Waals surface area contributed by atoms with Crippen molar-refractivity contribution in [1.29, 1.82) is 0 Å². The number of rotatable bonds is 8. The number of nitrogens with one attached hydrogen (secondary N) is 2. The van der Waals surface area contributed by atoms with Crippen LogP contribution in [0.25, 0.3) is 32.3 Å². The molecule has 3 aliphatic rings. The molecule has 6 aromatic rings. The van der Waals surface area contributed by atoms with E-state index < -0.39 is 12.3 Å². The molecule has 0 aliphatic heterocycles. The minimum atomic E-state index is -0.639. The number of hydrogen-bond acceptors (Lipinski definition) is 3. The highest BCUT2D eigenvalue weighted by Gasteiger charge is 2.37. The monoisotopic (exact) mass is 779 g/mol. The van der Waals surface area contributed by atoms with Crippen LogP contribution in [-0.4, -0.2) is 46.1 Å². The fourth-order valence-corrected chi connectivity index (χ4v) is 10.1. The molecule has 6 aromatic carbocycles. The van der Waals surface area contributed by atoms with Gasteiger partial charge in [0.15, 0.2) is 0 Å². The summed E-state index contributed by atoms with van der Waals surface area (Å²) in [5, 5.41) is 14.4. The number of likely N-dealkylation sites (N-methyl/N-ethyl adjacent to an activating group) is 2. The Bertz CT molecular complexity index is 2270. The first kappa shape index (κ1) is 41.7. The molecule has 3 nitrogen and oxygen atoms in total. The Hall–Kier alpha value is -4.42. The van der Waals surface area contributed by atoms with Crippen LogP contribution in [-0.2, 0) is 16.2 Å². The molecule has 0 radical (unpaired) electrons. The molecule has 0 amide bonds. The van der Waals surface area contributed by atoms with E-state index in [1.807, 2.05) is 7.05 Å². The van der Waals surface area contributed by atoms with Crippen molar-refractivity contribution in [3.05, 3.63) is 156 Å². The molecule has 0 unspecified atom stereocenters. The third kappa shape index (κ3) is 9.38. The lowest BCUT2D eigenvalue weighted by Crippen LogP contribution is -2.40. The molecule has 5 heteroatoms. The average Bonchev–Trinajstić information content (AvgIpc) is 3.28. The summed E-state index contributed by atoms with van der Waals surface area (Å²) in [6, 6.07) is 45.7. The van der Waals surface area contributed by atoms with Gasteiger partial charge in [0, 0.05) is 35.9 Å². The van der Waals surface area contributed by atoms with Gasteiger partial charge in [0.1, 0.15) is 12.3 Å². The SMILES string of the molecule is CNCC1(c2ccc3ccccc3c2)CCC(F)CC1.CNC[C@@]1(c2ccc3ccccc3c2)CC=CCC1.NCC1(c2ccc3ccccc3c2)CCC(F)CC1. The first-order valence-corrected chi connectivity index (χ1v) is 21.7. The maximum absolute atomic E-state index is 13.5. The second-order valence-electron chi connectivity index (χ2n) is 17.4. The van der Waals surface area contributed by atoms with E-state index >= 15 is 0 Å². The average molecular weight is 780 g/mol. The fourth-order valence-electron chi connectivity index (χ4n) is 10.1. The van der Waals surface area contributed by atoms with Gasteiger partial charge in [0.05, 0.1) is 0 Å². The van der Waals surface area contributed by atoms with Gasteiger partial charge in [-0.15, -0.1) is 0 Å². The van der Waals surface area contributed by atoms with Crippen molar-refractivity contribution in [3.8, 4) is 0 Å². The summed E-state index contributed by atoms with van der Waals surface area (Å²) >= 11 is 0. The van der Waals surface area contributed by atoms with Gasteiger partial charge < -0.3 is 16.4 Å². The minimum absolute atomic E-state index is 0.0212. The normalized spacial score (nSPS) is 25.7. The smallest absolute Gasteiger partial charge is 0.100 e. The van der Waals surface area contributed by atoms with Gasteiger partial charge in [-0.05, 0) is 134 Å². The van der Waals surface area contributed by atoms with Crippen LogP contribution in [0, 0.1) is 0 Å². The third-order valence-corrected chi connectivity index (χ3v) is 13.7. The Morgan fingerprint density at radius 1 is 0.483 bits per heavy atom. The molecule has 58 heavy (non-hydrogen) atoms. The Kier molecular flexibility index (Phi) is 13.7. The van der Waals surface area contributed by atoms with Crippen molar-refractivity contribution in [1.82, 2.24) is 10.6 Å². The highest BCUT2D eigenvalue weighted by molar-refractivity contribution is 5.85.